The highest BCUT2D eigenvalue weighted by Gasteiger charge is 2.09. The van der Waals surface area contributed by atoms with Crippen molar-refractivity contribution in [1.29, 1.82) is 0 Å². The lowest BCUT2D eigenvalue weighted by molar-refractivity contribution is 0.450. The molecule has 1 aromatic heterocycles. The monoisotopic (exact) mass is 275 g/mol. The number of rotatable bonds is 4. The van der Waals surface area contributed by atoms with E-state index >= 15 is 0 Å². The van der Waals surface area contributed by atoms with Crippen LogP contribution in [0.4, 0.5) is 4.39 Å². The van der Waals surface area contributed by atoms with Crippen LogP contribution in [0.25, 0.3) is 0 Å². The Balaban J connectivity index is 2.27. The average Bonchev–Trinajstić information content (AvgIpc) is 2.38. The van der Waals surface area contributed by atoms with Crippen LogP contribution in [0.3, 0.4) is 0 Å². The van der Waals surface area contributed by atoms with Crippen LogP contribution in [0.15, 0.2) is 24.3 Å². The molecule has 1 aromatic carbocycles. The predicted octanol–water partition coefficient (Wildman–Crippen LogP) is 3.30. The van der Waals surface area contributed by atoms with Crippen LogP contribution >= 0.6 is 0 Å². The van der Waals surface area contributed by atoms with E-state index in [1.807, 2.05) is 20.8 Å². The summed E-state index contributed by atoms with van der Waals surface area (Å²) < 4.78 is 19.2. The minimum atomic E-state index is -0.375. The maximum atomic E-state index is 13.6. The van der Waals surface area contributed by atoms with Crippen molar-refractivity contribution in [2.45, 2.75) is 33.2 Å². The Kier molecular flexibility index (Phi) is 4.29. The van der Waals surface area contributed by atoms with Gasteiger partial charge in [0, 0.05) is 35.9 Å². The maximum absolute atomic E-state index is 13.6. The number of hydrogen-bond acceptors (Lipinski definition) is 4. The highest BCUT2D eigenvalue weighted by Crippen LogP contribution is 2.23. The number of hydrogen-bond donors (Lipinski definition) is 1. The predicted molar refractivity (Wildman–Crippen MR) is 75.2 cm³/mol. The Morgan fingerprint density at radius 3 is 2.60 bits per heavy atom. The summed E-state index contributed by atoms with van der Waals surface area (Å²) in [6.45, 7) is 6.05. The first-order valence-corrected chi connectivity index (χ1v) is 6.51. The number of benzene rings is 1. The third-order valence-corrected chi connectivity index (χ3v) is 2.83. The molecule has 0 bridgehead atoms. The van der Waals surface area contributed by atoms with E-state index in [4.69, 9.17) is 10.5 Å². The molecular formula is C15H18FN3O. The molecule has 0 spiro atoms. The number of aromatic nitrogens is 2. The summed E-state index contributed by atoms with van der Waals surface area (Å²) in [5, 5.41) is 0. The Labute approximate surface area is 117 Å². The van der Waals surface area contributed by atoms with Gasteiger partial charge < -0.3 is 10.5 Å². The van der Waals surface area contributed by atoms with E-state index < -0.39 is 0 Å². The number of nitrogens with zero attached hydrogens (tertiary/aromatic N) is 2. The van der Waals surface area contributed by atoms with Crippen molar-refractivity contribution in [1.82, 2.24) is 9.97 Å². The largest absolute Gasteiger partial charge is 0.439 e. The minimum Gasteiger partial charge on any atom is -0.439 e. The highest BCUT2D eigenvalue weighted by molar-refractivity contribution is 5.32. The second kappa shape index (κ2) is 5.96. The summed E-state index contributed by atoms with van der Waals surface area (Å²) in [5.41, 5.74) is 6.70. The quantitative estimate of drug-likeness (QED) is 0.930. The Hall–Kier alpha value is -2.01. The summed E-state index contributed by atoms with van der Waals surface area (Å²) in [6.07, 6.45) is 0. The molecule has 2 N–H and O–H groups in total. The molecule has 0 saturated heterocycles. The van der Waals surface area contributed by atoms with Crippen LogP contribution < -0.4 is 10.5 Å². The van der Waals surface area contributed by atoms with Gasteiger partial charge in [-0.1, -0.05) is 19.9 Å². The highest BCUT2D eigenvalue weighted by atomic mass is 19.1. The standard InChI is InChI=1S/C15H18FN3O/c1-9(2)15-18-10(3)6-14(19-15)20-12-5-4-11(8-17)13(16)7-12/h4-7,9H,8,17H2,1-3H3. The zero-order valence-electron chi connectivity index (χ0n) is 11.9. The average molecular weight is 275 g/mol. The van der Waals surface area contributed by atoms with Crippen molar-refractivity contribution in [2.75, 3.05) is 0 Å². The van der Waals surface area contributed by atoms with Crippen molar-refractivity contribution >= 4 is 0 Å². The van der Waals surface area contributed by atoms with Crippen LogP contribution in [0, 0.1) is 12.7 Å². The van der Waals surface area contributed by atoms with Gasteiger partial charge in [-0.25, -0.2) is 9.37 Å². The van der Waals surface area contributed by atoms with Gasteiger partial charge in [0.2, 0.25) is 5.88 Å². The molecule has 0 atom stereocenters. The van der Waals surface area contributed by atoms with Gasteiger partial charge in [-0.3, -0.25) is 0 Å². The van der Waals surface area contributed by atoms with Crippen molar-refractivity contribution in [3.05, 3.63) is 47.2 Å². The fourth-order valence-electron chi connectivity index (χ4n) is 1.75. The van der Waals surface area contributed by atoms with Crippen LogP contribution in [0.2, 0.25) is 0 Å². The molecule has 20 heavy (non-hydrogen) atoms. The van der Waals surface area contributed by atoms with Gasteiger partial charge in [-0.2, -0.15) is 4.98 Å². The molecule has 0 fully saturated rings. The number of aryl methyl sites for hydroxylation is 1. The van der Waals surface area contributed by atoms with Gasteiger partial charge in [0.05, 0.1) is 0 Å². The lowest BCUT2D eigenvalue weighted by Crippen LogP contribution is -2.02. The first-order chi connectivity index (χ1) is 9.49. The van der Waals surface area contributed by atoms with E-state index in [2.05, 4.69) is 9.97 Å². The van der Waals surface area contributed by atoms with Crippen molar-refractivity contribution in [3.8, 4) is 11.6 Å². The van der Waals surface area contributed by atoms with Gasteiger partial charge in [0.25, 0.3) is 0 Å². The van der Waals surface area contributed by atoms with E-state index in [1.54, 1.807) is 18.2 Å². The summed E-state index contributed by atoms with van der Waals surface area (Å²) in [5.74, 6) is 1.35. The summed E-state index contributed by atoms with van der Waals surface area (Å²) in [4.78, 5) is 8.66. The van der Waals surface area contributed by atoms with E-state index in [9.17, 15) is 4.39 Å². The zero-order chi connectivity index (χ0) is 14.7. The molecule has 0 unspecified atom stereocenters. The van der Waals surface area contributed by atoms with Crippen LogP contribution in [0.1, 0.15) is 36.8 Å². The third kappa shape index (κ3) is 3.30. The van der Waals surface area contributed by atoms with Crippen LogP contribution in [-0.2, 0) is 6.54 Å². The third-order valence-electron chi connectivity index (χ3n) is 2.83. The summed E-state index contributed by atoms with van der Waals surface area (Å²) in [6, 6.07) is 6.33. The fraction of sp³-hybridized carbons (Fsp3) is 0.333. The molecule has 1 heterocycles. The minimum absolute atomic E-state index is 0.163. The molecule has 0 aliphatic rings. The summed E-state index contributed by atoms with van der Waals surface area (Å²) >= 11 is 0. The molecule has 106 valence electrons. The topological polar surface area (TPSA) is 61.0 Å². The second-order valence-electron chi connectivity index (χ2n) is 4.92. The number of halogens is 1. The molecular weight excluding hydrogens is 257 g/mol. The van der Waals surface area contributed by atoms with Gasteiger partial charge in [-0.15, -0.1) is 0 Å². The number of nitrogens with two attached hydrogens (primary N) is 1. The van der Waals surface area contributed by atoms with Gasteiger partial charge in [0.15, 0.2) is 0 Å². The van der Waals surface area contributed by atoms with Crippen LogP contribution in [-0.4, -0.2) is 9.97 Å². The van der Waals surface area contributed by atoms with E-state index in [1.165, 1.54) is 6.07 Å². The van der Waals surface area contributed by atoms with E-state index in [-0.39, 0.29) is 18.3 Å². The molecule has 4 nitrogen and oxygen atoms in total. The fourth-order valence-corrected chi connectivity index (χ4v) is 1.75. The first kappa shape index (κ1) is 14.4. The number of ether oxygens (including phenoxy) is 1. The first-order valence-electron chi connectivity index (χ1n) is 6.51. The smallest absolute Gasteiger partial charge is 0.222 e. The van der Waals surface area contributed by atoms with Gasteiger partial charge >= 0.3 is 0 Å². The molecule has 5 heteroatoms. The normalized spacial score (nSPS) is 10.9. The van der Waals surface area contributed by atoms with Crippen molar-refractivity contribution in [2.24, 2.45) is 5.73 Å². The van der Waals surface area contributed by atoms with E-state index in [0.29, 0.717) is 23.0 Å². The SMILES string of the molecule is Cc1cc(Oc2ccc(CN)c(F)c2)nc(C(C)C)n1. The van der Waals surface area contributed by atoms with Gasteiger partial charge in [0.1, 0.15) is 17.4 Å². The molecule has 0 aliphatic heterocycles. The molecule has 0 amide bonds. The van der Waals surface area contributed by atoms with Crippen molar-refractivity contribution < 1.29 is 9.13 Å². The van der Waals surface area contributed by atoms with Gasteiger partial charge in [-0.05, 0) is 13.0 Å². The lowest BCUT2D eigenvalue weighted by atomic mass is 10.2. The second-order valence-corrected chi connectivity index (χ2v) is 4.92. The van der Waals surface area contributed by atoms with Crippen LogP contribution in [0.5, 0.6) is 11.6 Å². The Morgan fingerprint density at radius 2 is 2.00 bits per heavy atom. The molecule has 0 saturated carbocycles. The van der Waals surface area contributed by atoms with Crippen molar-refractivity contribution in [3.63, 3.8) is 0 Å². The molecule has 0 aliphatic carbocycles. The Morgan fingerprint density at radius 1 is 1.25 bits per heavy atom. The summed E-state index contributed by atoms with van der Waals surface area (Å²) in [7, 11) is 0. The lowest BCUT2D eigenvalue weighted by Gasteiger charge is -2.10. The van der Waals surface area contributed by atoms with E-state index in [0.717, 1.165) is 5.69 Å². The molecule has 2 aromatic rings. The molecule has 2 rings (SSSR count). The maximum Gasteiger partial charge on any atom is 0.222 e. The molecule has 0 radical (unpaired) electrons. The zero-order valence-corrected chi connectivity index (χ0v) is 11.9. The Bertz CT molecular complexity index is 614.